The fraction of sp³-hybridized carbons (Fsp3) is 0.588. The van der Waals surface area contributed by atoms with E-state index < -0.39 is 0 Å². The lowest BCUT2D eigenvalue weighted by molar-refractivity contribution is -0.134. The van der Waals surface area contributed by atoms with E-state index in [1.807, 2.05) is 30.3 Å². The van der Waals surface area contributed by atoms with Crippen LogP contribution < -0.4 is 10.6 Å². The highest BCUT2D eigenvalue weighted by Gasteiger charge is 2.38. The van der Waals surface area contributed by atoms with E-state index in [4.69, 9.17) is 0 Å². The van der Waals surface area contributed by atoms with E-state index in [1.165, 1.54) is 0 Å². The molecule has 1 amide bonds. The first kappa shape index (κ1) is 16.0. The van der Waals surface area contributed by atoms with Crippen molar-refractivity contribution in [1.29, 1.82) is 0 Å². The van der Waals surface area contributed by atoms with Crippen LogP contribution in [0, 0.1) is 5.41 Å². The molecule has 0 radical (unpaired) electrons. The number of amides is 1. The van der Waals surface area contributed by atoms with Crippen LogP contribution in [0.15, 0.2) is 30.3 Å². The van der Waals surface area contributed by atoms with Gasteiger partial charge in [0.1, 0.15) is 0 Å². The normalized spacial score (nSPS) is 19.0. The standard InChI is InChI=1S/C17H26N2O2/c1-2-17(8-10-18-11-9-17)16(21)19-15(13-20)12-14-6-4-3-5-7-14/h3-7,15,18,20H,2,8-13H2,1H3,(H,19,21)/t15-/m1/s1. The van der Waals surface area contributed by atoms with Crippen molar-refractivity contribution in [3.8, 4) is 0 Å². The van der Waals surface area contributed by atoms with Gasteiger partial charge in [-0.25, -0.2) is 0 Å². The molecule has 0 unspecified atom stereocenters. The number of aliphatic hydroxyl groups excluding tert-OH is 1. The van der Waals surface area contributed by atoms with Crippen molar-refractivity contribution in [2.24, 2.45) is 5.41 Å². The van der Waals surface area contributed by atoms with Gasteiger partial charge in [0.25, 0.3) is 0 Å². The Balaban J connectivity index is 1.98. The molecule has 1 heterocycles. The highest BCUT2D eigenvalue weighted by atomic mass is 16.3. The van der Waals surface area contributed by atoms with Crippen LogP contribution in [0.2, 0.25) is 0 Å². The predicted octanol–water partition coefficient (Wildman–Crippen LogP) is 1.49. The zero-order valence-electron chi connectivity index (χ0n) is 12.8. The Morgan fingerprint density at radius 3 is 2.57 bits per heavy atom. The number of aliphatic hydroxyl groups is 1. The fourth-order valence-corrected chi connectivity index (χ4v) is 3.04. The maximum absolute atomic E-state index is 12.7. The summed E-state index contributed by atoms with van der Waals surface area (Å²) in [5.74, 6) is 0.0986. The van der Waals surface area contributed by atoms with E-state index in [0.717, 1.165) is 37.9 Å². The summed E-state index contributed by atoms with van der Waals surface area (Å²) in [6.07, 6.45) is 3.27. The Bertz CT molecular complexity index is 441. The molecule has 3 N–H and O–H groups in total. The second-order valence-corrected chi connectivity index (χ2v) is 5.93. The lowest BCUT2D eigenvalue weighted by Crippen LogP contribution is -2.51. The Labute approximate surface area is 126 Å². The van der Waals surface area contributed by atoms with Crippen LogP contribution in [-0.2, 0) is 11.2 Å². The van der Waals surface area contributed by atoms with E-state index in [9.17, 15) is 9.90 Å². The average Bonchev–Trinajstić information content (AvgIpc) is 2.55. The van der Waals surface area contributed by atoms with Gasteiger partial charge in [-0.3, -0.25) is 4.79 Å². The number of rotatable bonds is 6. The third kappa shape index (κ3) is 4.05. The smallest absolute Gasteiger partial charge is 0.226 e. The van der Waals surface area contributed by atoms with Gasteiger partial charge in [-0.1, -0.05) is 37.3 Å². The van der Waals surface area contributed by atoms with E-state index in [1.54, 1.807) is 0 Å². The molecule has 0 saturated carbocycles. The largest absolute Gasteiger partial charge is 0.394 e. The van der Waals surface area contributed by atoms with E-state index >= 15 is 0 Å². The second-order valence-electron chi connectivity index (χ2n) is 5.93. The van der Waals surface area contributed by atoms with Crippen molar-refractivity contribution in [3.05, 3.63) is 35.9 Å². The molecular weight excluding hydrogens is 264 g/mol. The fourth-order valence-electron chi connectivity index (χ4n) is 3.04. The molecule has 2 rings (SSSR count). The molecular formula is C17H26N2O2. The average molecular weight is 290 g/mol. The van der Waals surface area contributed by atoms with Gasteiger partial charge in [-0.15, -0.1) is 0 Å². The van der Waals surface area contributed by atoms with Crippen LogP contribution in [0.25, 0.3) is 0 Å². The molecule has 21 heavy (non-hydrogen) atoms. The summed E-state index contributed by atoms with van der Waals surface area (Å²) < 4.78 is 0. The number of benzene rings is 1. The maximum Gasteiger partial charge on any atom is 0.226 e. The van der Waals surface area contributed by atoms with Gasteiger partial charge in [0.2, 0.25) is 5.91 Å². The summed E-state index contributed by atoms with van der Waals surface area (Å²) in [6, 6.07) is 9.76. The quantitative estimate of drug-likeness (QED) is 0.744. The van der Waals surface area contributed by atoms with E-state index in [0.29, 0.717) is 6.42 Å². The highest BCUT2D eigenvalue weighted by Crippen LogP contribution is 2.32. The van der Waals surface area contributed by atoms with Crippen molar-refractivity contribution < 1.29 is 9.90 Å². The lowest BCUT2D eigenvalue weighted by atomic mass is 9.75. The predicted molar refractivity (Wildman–Crippen MR) is 84.0 cm³/mol. The van der Waals surface area contributed by atoms with E-state index in [-0.39, 0.29) is 24.0 Å². The minimum atomic E-state index is -0.268. The third-order valence-corrected chi connectivity index (χ3v) is 4.60. The topological polar surface area (TPSA) is 61.4 Å². The molecule has 0 aliphatic carbocycles. The first-order valence-electron chi connectivity index (χ1n) is 7.86. The number of hydrogen-bond donors (Lipinski definition) is 3. The molecule has 1 aromatic rings. The van der Waals surface area contributed by atoms with Gasteiger partial charge in [0, 0.05) is 0 Å². The first-order valence-corrected chi connectivity index (χ1v) is 7.86. The number of nitrogens with one attached hydrogen (secondary N) is 2. The monoisotopic (exact) mass is 290 g/mol. The molecule has 1 atom stereocenters. The molecule has 1 aliphatic heterocycles. The van der Waals surface area contributed by atoms with Crippen molar-refractivity contribution in [2.75, 3.05) is 19.7 Å². The Kier molecular flexibility index (Phi) is 5.76. The second kappa shape index (κ2) is 7.57. The molecule has 1 aliphatic rings. The van der Waals surface area contributed by atoms with Crippen molar-refractivity contribution in [2.45, 2.75) is 38.6 Å². The van der Waals surface area contributed by atoms with Crippen LogP contribution in [0.3, 0.4) is 0 Å². The molecule has 1 saturated heterocycles. The first-order chi connectivity index (χ1) is 10.2. The van der Waals surface area contributed by atoms with Gasteiger partial charge in [0.05, 0.1) is 18.1 Å². The number of hydrogen-bond acceptors (Lipinski definition) is 3. The van der Waals surface area contributed by atoms with Crippen molar-refractivity contribution >= 4 is 5.91 Å². The minimum Gasteiger partial charge on any atom is -0.394 e. The maximum atomic E-state index is 12.7. The number of carbonyl (C=O) groups is 1. The van der Waals surface area contributed by atoms with Gasteiger partial charge >= 0.3 is 0 Å². The van der Waals surface area contributed by atoms with Gasteiger partial charge in [-0.2, -0.15) is 0 Å². The van der Waals surface area contributed by atoms with Gasteiger partial charge in [-0.05, 0) is 44.3 Å². The number of piperidine rings is 1. The van der Waals surface area contributed by atoms with Crippen LogP contribution in [0.1, 0.15) is 31.7 Å². The summed E-state index contributed by atoms with van der Waals surface area (Å²) in [7, 11) is 0. The number of carbonyl (C=O) groups excluding carboxylic acids is 1. The zero-order valence-corrected chi connectivity index (χ0v) is 12.8. The van der Waals surface area contributed by atoms with Crippen LogP contribution in [0.5, 0.6) is 0 Å². The lowest BCUT2D eigenvalue weighted by Gasteiger charge is -2.36. The summed E-state index contributed by atoms with van der Waals surface area (Å²) in [5.41, 5.74) is 0.864. The summed E-state index contributed by atoms with van der Waals surface area (Å²) in [5, 5.41) is 15.9. The Hall–Kier alpha value is -1.39. The van der Waals surface area contributed by atoms with Gasteiger partial charge < -0.3 is 15.7 Å². The Morgan fingerprint density at radius 2 is 2.00 bits per heavy atom. The third-order valence-electron chi connectivity index (χ3n) is 4.60. The molecule has 0 bridgehead atoms. The van der Waals surface area contributed by atoms with Crippen molar-refractivity contribution in [3.63, 3.8) is 0 Å². The molecule has 0 aromatic heterocycles. The SMILES string of the molecule is CCC1(C(=O)N[C@@H](CO)Cc2ccccc2)CCNCC1. The molecule has 1 aromatic carbocycles. The summed E-state index contributed by atoms with van der Waals surface area (Å²) in [6.45, 7) is 3.84. The van der Waals surface area contributed by atoms with Crippen LogP contribution in [0.4, 0.5) is 0 Å². The van der Waals surface area contributed by atoms with Gasteiger partial charge in [0.15, 0.2) is 0 Å². The molecule has 116 valence electrons. The van der Waals surface area contributed by atoms with Crippen LogP contribution in [-0.4, -0.2) is 36.8 Å². The molecule has 4 nitrogen and oxygen atoms in total. The van der Waals surface area contributed by atoms with Crippen molar-refractivity contribution in [1.82, 2.24) is 10.6 Å². The molecule has 4 heteroatoms. The molecule has 1 fully saturated rings. The van der Waals surface area contributed by atoms with Crippen LogP contribution >= 0.6 is 0 Å². The van der Waals surface area contributed by atoms with E-state index in [2.05, 4.69) is 17.6 Å². The Morgan fingerprint density at radius 1 is 1.33 bits per heavy atom. The summed E-state index contributed by atoms with van der Waals surface area (Å²) in [4.78, 5) is 12.7. The zero-order chi connectivity index (χ0) is 15.1. The molecule has 0 spiro atoms. The minimum absolute atomic E-state index is 0.0291. The summed E-state index contributed by atoms with van der Waals surface area (Å²) >= 11 is 0. The highest BCUT2D eigenvalue weighted by molar-refractivity contribution is 5.83.